The SMILES string of the molecule is COc1ccc(C(C)CC(=O)NCC(c2ccco2)N2CCOCC2)cc1. The Bertz CT molecular complexity index is 693. The minimum Gasteiger partial charge on any atom is -0.497 e. The fourth-order valence-corrected chi connectivity index (χ4v) is 3.39. The summed E-state index contributed by atoms with van der Waals surface area (Å²) >= 11 is 0. The summed E-state index contributed by atoms with van der Waals surface area (Å²) in [4.78, 5) is 14.8. The van der Waals surface area contributed by atoms with E-state index in [2.05, 4.69) is 17.1 Å². The number of nitrogens with one attached hydrogen (secondary N) is 1. The van der Waals surface area contributed by atoms with Crippen LogP contribution in [0, 0.1) is 0 Å². The molecule has 146 valence electrons. The van der Waals surface area contributed by atoms with Gasteiger partial charge in [-0.25, -0.2) is 0 Å². The fraction of sp³-hybridized carbons (Fsp3) is 0.476. The predicted molar refractivity (Wildman–Crippen MR) is 103 cm³/mol. The normalized spacial score (nSPS) is 17.3. The number of nitrogens with zero attached hydrogens (tertiary/aromatic N) is 1. The highest BCUT2D eigenvalue weighted by Crippen LogP contribution is 2.23. The molecule has 27 heavy (non-hydrogen) atoms. The number of morpholine rings is 1. The zero-order chi connectivity index (χ0) is 19.1. The summed E-state index contributed by atoms with van der Waals surface area (Å²) in [7, 11) is 1.65. The lowest BCUT2D eigenvalue weighted by Crippen LogP contribution is -2.43. The van der Waals surface area contributed by atoms with E-state index in [1.165, 1.54) is 0 Å². The number of furan rings is 1. The number of benzene rings is 1. The molecule has 2 aromatic rings. The van der Waals surface area contributed by atoms with Crippen LogP contribution in [-0.2, 0) is 9.53 Å². The molecular formula is C21H28N2O4. The molecule has 1 N–H and O–H groups in total. The van der Waals surface area contributed by atoms with Crippen LogP contribution in [0.15, 0.2) is 47.1 Å². The minimum absolute atomic E-state index is 0.0316. The summed E-state index contributed by atoms with van der Waals surface area (Å²) in [5.41, 5.74) is 1.13. The van der Waals surface area contributed by atoms with E-state index < -0.39 is 0 Å². The van der Waals surface area contributed by atoms with Gasteiger partial charge in [0.2, 0.25) is 5.91 Å². The Kier molecular flexibility index (Phi) is 6.90. The van der Waals surface area contributed by atoms with Gasteiger partial charge in [0.15, 0.2) is 0 Å². The molecule has 1 aromatic carbocycles. The first-order valence-electron chi connectivity index (χ1n) is 9.43. The molecule has 1 saturated heterocycles. The molecule has 3 rings (SSSR count). The number of carbonyl (C=O) groups excluding carboxylic acids is 1. The third-order valence-electron chi connectivity index (χ3n) is 5.03. The van der Waals surface area contributed by atoms with E-state index in [0.717, 1.165) is 30.2 Å². The van der Waals surface area contributed by atoms with Crippen molar-refractivity contribution in [3.63, 3.8) is 0 Å². The summed E-state index contributed by atoms with van der Waals surface area (Å²) in [6.07, 6.45) is 2.12. The first kappa shape index (κ1) is 19.5. The molecule has 1 aromatic heterocycles. The monoisotopic (exact) mass is 372 g/mol. The fourth-order valence-electron chi connectivity index (χ4n) is 3.39. The highest BCUT2D eigenvalue weighted by molar-refractivity contribution is 5.76. The van der Waals surface area contributed by atoms with E-state index in [0.29, 0.717) is 26.2 Å². The molecule has 1 fully saturated rings. The molecular weight excluding hydrogens is 344 g/mol. The van der Waals surface area contributed by atoms with Crippen LogP contribution in [0.25, 0.3) is 0 Å². The van der Waals surface area contributed by atoms with E-state index in [-0.39, 0.29) is 17.9 Å². The highest BCUT2D eigenvalue weighted by atomic mass is 16.5. The van der Waals surface area contributed by atoms with E-state index in [9.17, 15) is 4.79 Å². The molecule has 0 saturated carbocycles. The Morgan fingerprint density at radius 3 is 2.59 bits per heavy atom. The van der Waals surface area contributed by atoms with Gasteiger partial charge < -0.3 is 19.2 Å². The molecule has 2 unspecified atom stereocenters. The van der Waals surface area contributed by atoms with E-state index in [4.69, 9.17) is 13.9 Å². The maximum Gasteiger partial charge on any atom is 0.220 e. The zero-order valence-electron chi connectivity index (χ0n) is 16.0. The van der Waals surface area contributed by atoms with Crippen LogP contribution in [0.5, 0.6) is 5.75 Å². The van der Waals surface area contributed by atoms with Crippen LogP contribution in [0.3, 0.4) is 0 Å². The van der Waals surface area contributed by atoms with Crippen LogP contribution in [-0.4, -0.2) is 50.8 Å². The molecule has 1 amide bonds. The van der Waals surface area contributed by atoms with Crippen molar-refractivity contribution in [1.82, 2.24) is 10.2 Å². The lowest BCUT2D eigenvalue weighted by Gasteiger charge is -2.33. The standard InChI is InChI=1S/C21H28N2O4/c1-16(17-5-7-18(25-2)8-6-17)14-21(24)22-15-19(20-4-3-11-27-20)23-9-12-26-13-10-23/h3-8,11,16,19H,9-10,12-15H2,1-2H3,(H,22,24). The van der Waals surface area contributed by atoms with Gasteiger partial charge in [-0.2, -0.15) is 0 Å². The van der Waals surface area contributed by atoms with E-state index in [1.54, 1.807) is 13.4 Å². The molecule has 2 heterocycles. The van der Waals surface area contributed by atoms with Gasteiger partial charge in [-0.05, 0) is 35.7 Å². The molecule has 0 spiro atoms. The van der Waals surface area contributed by atoms with E-state index >= 15 is 0 Å². The van der Waals surface area contributed by atoms with Gasteiger partial charge in [0.05, 0.1) is 32.6 Å². The first-order valence-corrected chi connectivity index (χ1v) is 9.43. The van der Waals surface area contributed by atoms with Crippen molar-refractivity contribution in [2.75, 3.05) is 40.0 Å². The molecule has 6 heteroatoms. The number of rotatable bonds is 8. The van der Waals surface area contributed by atoms with Crippen LogP contribution < -0.4 is 10.1 Å². The number of methoxy groups -OCH3 is 1. The second-order valence-electron chi connectivity index (χ2n) is 6.86. The maximum absolute atomic E-state index is 12.5. The molecule has 1 aliphatic rings. The van der Waals surface area contributed by atoms with Gasteiger partial charge in [0.25, 0.3) is 0 Å². The summed E-state index contributed by atoms with van der Waals surface area (Å²) in [5.74, 6) is 1.88. The van der Waals surface area contributed by atoms with Gasteiger partial charge in [-0.15, -0.1) is 0 Å². The number of hydrogen-bond donors (Lipinski definition) is 1. The lowest BCUT2D eigenvalue weighted by atomic mass is 9.97. The molecule has 1 aliphatic heterocycles. The van der Waals surface area contributed by atoms with Crippen molar-refractivity contribution < 1.29 is 18.7 Å². The van der Waals surface area contributed by atoms with E-state index in [1.807, 2.05) is 36.4 Å². The lowest BCUT2D eigenvalue weighted by molar-refractivity contribution is -0.121. The third-order valence-corrected chi connectivity index (χ3v) is 5.03. The maximum atomic E-state index is 12.5. The van der Waals surface area contributed by atoms with Crippen molar-refractivity contribution in [3.05, 3.63) is 54.0 Å². The summed E-state index contributed by atoms with van der Waals surface area (Å²) < 4.78 is 16.2. The Labute approximate surface area is 160 Å². The second kappa shape index (κ2) is 9.58. The summed E-state index contributed by atoms with van der Waals surface area (Å²) in [6, 6.07) is 11.8. The topological polar surface area (TPSA) is 63.9 Å². The first-order chi connectivity index (χ1) is 13.2. The van der Waals surface area contributed by atoms with Crippen molar-refractivity contribution in [3.8, 4) is 5.75 Å². The summed E-state index contributed by atoms with van der Waals surface area (Å²) in [5, 5.41) is 3.09. The van der Waals surface area contributed by atoms with Crippen molar-refractivity contribution in [1.29, 1.82) is 0 Å². The smallest absolute Gasteiger partial charge is 0.220 e. The molecule has 0 radical (unpaired) electrons. The number of ether oxygens (including phenoxy) is 2. The number of carbonyl (C=O) groups is 1. The van der Waals surface area contributed by atoms with Crippen LogP contribution in [0.2, 0.25) is 0 Å². The Hall–Kier alpha value is -2.31. The van der Waals surface area contributed by atoms with Crippen molar-refractivity contribution >= 4 is 5.91 Å². The third kappa shape index (κ3) is 5.34. The predicted octanol–water partition coefficient (Wildman–Crippen LogP) is 2.97. The average Bonchev–Trinajstić information content (AvgIpc) is 3.23. The van der Waals surface area contributed by atoms with Gasteiger partial charge >= 0.3 is 0 Å². The highest BCUT2D eigenvalue weighted by Gasteiger charge is 2.25. The molecule has 0 aliphatic carbocycles. The Balaban J connectivity index is 1.55. The zero-order valence-corrected chi connectivity index (χ0v) is 16.0. The van der Waals surface area contributed by atoms with Gasteiger partial charge in [0.1, 0.15) is 11.5 Å². The van der Waals surface area contributed by atoms with Gasteiger partial charge in [-0.1, -0.05) is 19.1 Å². The summed E-state index contributed by atoms with van der Waals surface area (Å²) in [6.45, 7) is 5.68. The largest absolute Gasteiger partial charge is 0.497 e. The van der Waals surface area contributed by atoms with Crippen molar-refractivity contribution in [2.45, 2.75) is 25.3 Å². The average molecular weight is 372 g/mol. The molecule has 2 atom stereocenters. The van der Waals surface area contributed by atoms with Crippen LogP contribution >= 0.6 is 0 Å². The van der Waals surface area contributed by atoms with Gasteiger partial charge in [-0.3, -0.25) is 9.69 Å². The van der Waals surface area contributed by atoms with Crippen LogP contribution in [0.1, 0.15) is 36.6 Å². The van der Waals surface area contributed by atoms with Gasteiger partial charge in [0, 0.05) is 26.1 Å². The second-order valence-corrected chi connectivity index (χ2v) is 6.86. The van der Waals surface area contributed by atoms with Crippen LogP contribution in [0.4, 0.5) is 0 Å². The molecule has 6 nitrogen and oxygen atoms in total. The molecule has 0 bridgehead atoms. The Morgan fingerprint density at radius 2 is 1.96 bits per heavy atom. The number of amides is 1. The quantitative estimate of drug-likeness (QED) is 0.772. The Morgan fingerprint density at radius 1 is 1.22 bits per heavy atom. The van der Waals surface area contributed by atoms with Crippen molar-refractivity contribution in [2.24, 2.45) is 0 Å². The minimum atomic E-state index is 0.0316. The number of hydrogen-bond acceptors (Lipinski definition) is 5.